The summed E-state index contributed by atoms with van der Waals surface area (Å²) >= 11 is 0. The molecule has 1 fully saturated rings. The summed E-state index contributed by atoms with van der Waals surface area (Å²) in [6.45, 7) is 2.11. The summed E-state index contributed by atoms with van der Waals surface area (Å²) < 4.78 is 40.5. The van der Waals surface area contributed by atoms with Crippen LogP contribution in [0.2, 0.25) is 0 Å². The molecule has 1 aromatic rings. The summed E-state index contributed by atoms with van der Waals surface area (Å²) in [6, 6.07) is 3.72. The number of nitrogens with zero attached hydrogens (tertiary/aromatic N) is 1. The molecule has 0 atom stereocenters. The molecule has 0 heterocycles. The van der Waals surface area contributed by atoms with Gasteiger partial charge in [-0.25, -0.2) is 12.8 Å². The Labute approximate surface area is 119 Å². The maximum atomic E-state index is 13.9. The number of rotatable bonds is 7. The van der Waals surface area contributed by atoms with Gasteiger partial charge in [-0.15, -0.1) is 0 Å². The third-order valence-corrected chi connectivity index (χ3v) is 5.42. The van der Waals surface area contributed by atoms with Gasteiger partial charge in [-0.3, -0.25) is 0 Å². The second-order valence-electron chi connectivity index (χ2n) is 5.12. The van der Waals surface area contributed by atoms with Crippen molar-refractivity contribution in [2.75, 3.05) is 6.54 Å². The molecule has 0 saturated heterocycles. The maximum absolute atomic E-state index is 13.9. The number of benzene rings is 1. The van der Waals surface area contributed by atoms with E-state index in [1.165, 1.54) is 16.4 Å². The van der Waals surface area contributed by atoms with Crippen LogP contribution < -0.4 is 0 Å². The van der Waals surface area contributed by atoms with Crippen LogP contribution >= 0.6 is 0 Å². The molecule has 1 N–H and O–H groups in total. The van der Waals surface area contributed by atoms with E-state index in [9.17, 15) is 12.8 Å². The van der Waals surface area contributed by atoms with Gasteiger partial charge >= 0.3 is 0 Å². The van der Waals surface area contributed by atoms with Gasteiger partial charge in [-0.1, -0.05) is 19.4 Å². The van der Waals surface area contributed by atoms with E-state index in [-0.39, 0.29) is 17.5 Å². The van der Waals surface area contributed by atoms with E-state index >= 15 is 0 Å². The number of hydrogen-bond acceptors (Lipinski definition) is 3. The molecule has 6 heteroatoms. The first-order chi connectivity index (χ1) is 9.50. The third kappa shape index (κ3) is 3.19. The van der Waals surface area contributed by atoms with Crippen molar-refractivity contribution >= 4 is 10.0 Å². The minimum atomic E-state index is -3.83. The van der Waals surface area contributed by atoms with Crippen molar-refractivity contribution in [2.24, 2.45) is 0 Å². The molecule has 1 saturated carbocycles. The summed E-state index contributed by atoms with van der Waals surface area (Å²) in [5.74, 6) is -0.760. The molecule has 0 amide bonds. The Kier molecular flexibility index (Phi) is 4.78. The average molecular weight is 301 g/mol. The van der Waals surface area contributed by atoms with E-state index in [2.05, 4.69) is 0 Å². The van der Waals surface area contributed by atoms with Gasteiger partial charge in [0.05, 0.1) is 6.61 Å². The summed E-state index contributed by atoms with van der Waals surface area (Å²) in [5.41, 5.74) is 0.399. The quantitative estimate of drug-likeness (QED) is 0.840. The number of aliphatic hydroxyl groups is 1. The van der Waals surface area contributed by atoms with E-state index in [1.807, 2.05) is 6.92 Å². The maximum Gasteiger partial charge on any atom is 0.246 e. The minimum absolute atomic E-state index is 0.00346. The monoisotopic (exact) mass is 301 g/mol. The van der Waals surface area contributed by atoms with Gasteiger partial charge in [0.2, 0.25) is 10.0 Å². The highest BCUT2D eigenvalue weighted by Gasteiger charge is 2.38. The van der Waals surface area contributed by atoms with Gasteiger partial charge in [0, 0.05) is 12.6 Å². The van der Waals surface area contributed by atoms with Crippen LogP contribution in [0.4, 0.5) is 4.39 Å². The fourth-order valence-electron chi connectivity index (χ4n) is 2.15. The van der Waals surface area contributed by atoms with Crippen LogP contribution in [0.1, 0.15) is 38.2 Å². The lowest BCUT2D eigenvalue weighted by atomic mass is 10.2. The lowest BCUT2D eigenvalue weighted by molar-refractivity contribution is 0.281. The van der Waals surface area contributed by atoms with Gasteiger partial charge < -0.3 is 5.11 Å². The largest absolute Gasteiger partial charge is 0.392 e. The van der Waals surface area contributed by atoms with E-state index in [1.54, 1.807) is 0 Å². The summed E-state index contributed by atoms with van der Waals surface area (Å²) in [7, 11) is -3.83. The van der Waals surface area contributed by atoms with Gasteiger partial charge in [-0.05, 0) is 37.0 Å². The second-order valence-corrected chi connectivity index (χ2v) is 6.98. The highest BCUT2D eigenvalue weighted by atomic mass is 32.2. The first-order valence-electron chi connectivity index (χ1n) is 6.91. The lowest BCUT2D eigenvalue weighted by Crippen LogP contribution is -2.34. The predicted molar refractivity (Wildman–Crippen MR) is 74.1 cm³/mol. The molecule has 2 rings (SSSR count). The van der Waals surface area contributed by atoms with Gasteiger partial charge in [0.25, 0.3) is 0 Å². The topological polar surface area (TPSA) is 57.6 Å². The Hall–Kier alpha value is -0.980. The average Bonchev–Trinajstić information content (AvgIpc) is 3.24. The zero-order valence-corrected chi connectivity index (χ0v) is 12.4. The van der Waals surface area contributed by atoms with E-state index in [0.29, 0.717) is 12.1 Å². The van der Waals surface area contributed by atoms with Crippen LogP contribution in [0.3, 0.4) is 0 Å². The van der Waals surface area contributed by atoms with Crippen molar-refractivity contribution in [1.29, 1.82) is 0 Å². The van der Waals surface area contributed by atoms with Crippen molar-refractivity contribution in [3.05, 3.63) is 29.6 Å². The summed E-state index contributed by atoms with van der Waals surface area (Å²) in [4.78, 5) is -0.327. The van der Waals surface area contributed by atoms with Gasteiger partial charge in [-0.2, -0.15) is 4.31 Å². The van der Waals surface area contributed by atoms with Crippen molar-refractivity contribution in [1.82, 2.24) is 4.31 Å². The molecule has 1 aromatic carbocycles. The standard InChI is InChI=1S/C14H20FNO3S/c1-2-3-8-16(12-5-6-12)20(18,19)14-9-11(10-17)4-7-13(14)15/h4,7,9,12,17H,2-3,5-6,8,10H2,1H3. The van der Waals surface area contributed by atoms with Crippen molar-refractivity contribution in [2.45, 2.75) is 50.2 Å². The van der Waals surface area contributed by atoms with Crippen LogP contribution in [0, 0.1) is 5.82 Å². The van der Waals surface area contributed by atoms with Crippen molar-refractivity contribution in [3.8, 4) is 0 Å². The lowest BCUT2D eigenvalue weighted by Gasteiger charge is -2.22. The van der Waals surface area contributed by atoms with E-state index < -0.39 is 15.8 Å². The highest BCUT2D eigenvalue weighted by Crippen LogP contribution is 2.33. The Morgan fingerprint density at radius 2 is 2.10 bits per heavy atom. The molecule has 0 radical (unpaired) electrons. The Morgan fingerprint density at radius 1 is 1.40 bits per heavy atom. The number of hydrogen-bond donors (Lipinski definition) is 1. The molecular weight excluding hydrogens is 281 g/mol. The molecule has 0 unspecified atom stereocenters. The van der Waals surface area contributed by atoms with Crippen molar-refractivity contribution in [3.63, 3.8) is 0 Å². The SMILES string of the molecule is CCCCN(C1CC1)S(=O)(=O)c1cc(CO)ccc1F. The van der Waals surface area contributed by atoms with Crippen LogP contribution in [0.25, 0.3) is 0 Å². The Bertz CT molecular complexity index is 570. The fraction of sp³-hybridized carbons (Fsp3) is 0.571. The Morgan fingerprint density at radius 3 is 2.65 bits per heavy atom. The van der Waals surface area contributed by atoms with Crippen LogP contribution in [0.15, 0.2) is 23.1 Å². The van der Waals surface area contributed by atoms with Gasteiger partial charge in [0.1, 0.15) is 10.7 Å². The number of sulfonamides is 1. The first kappa shape index (κ1) is 15.4. The number of aliphatic hydroxyl groups excluding tert-OH is 1. The Balaban J connectivity index is 2.36. The fourth-order valence-corrected chi connectivity index (χ4v) is 3.99. The molecule has 0 spiro atoms. The highest BCUT2D eigenvalue weighted by molar-refractivity contribution is 7.89. The predicted octanol–water partition coefficient (Wildman–Crippen LogP) is 2.27. The molecule has 0 aromatic heterocycles. The molecule has 4 nitrogen and oxygen atoms in total. The van der Waals surface area contributed by atoms with E-state index in [0.717, 1.165) is 31.7 Å². The zero-order valence-electron chi connectivity index (χ0n) is 11.5. The minimum Gasteiger partial charge on any atom is -0.392 e. The first-order valence-corrected chi connectivity index (χ1v) is 8.35. The van der Waals surface area contributed by atoms with Crippen LogP contribution in [0.5, 0.6) is 0 Å². The zero-order chi connectivity index (χ0) is 14.8. The number of halogens is 1. The molecule has 20 heavy (non-hydrogen) atoms. The normalized spacial score (nSPS) is 15.8. The number of unbranched alkanes of at least 4 members (excludes halogenated alkanes) is 1. The smallest absolute Gasteiger partial charge is 0.246 e. The van der Waals surface area contributed by atoms with Crippen molar-refractivity contribution < 1.29 is 17.9 Å². The molecule has 0 bridgehead atoms. The van der Waals surface area contributed by atoms with Crippen LogP contribution in [-0.4, -0.2) is 30.4 Å². The molecule has 1 aliphatic rings. The summed E-state index contributed by atoms with van der Waals surface area (Å²) in [6.07, 6.45) is 3.32. The summed E-state index contributed by atoms with van der Waals surface area (Å²) in [5, 5.41) is 9.09. The second kappa shape index (κ2) is 6.20. The molecule has 0 aliphatic heterocycles. The molecular formula is C14H20FNO3S. The van der Waals surface area contributed by atoms with Gasteiger partial charge in [0.15, 0.2) is 0 Å². The molecule has 112 valence electrons. The molecule has 1 aliphatic carbocycles. The van der Waals surface area contributed by atoms with Crippen LogP contribution in [-0.2, 0) is 16.6 Å². The van der Waals surface area contributed by atoms with E-state index in [4.69, 9.17) is 5.11 Å². The third-order valence-electron chi connectivity index (χ3n) is 3.45.